The molecule has 0 unspecified atom stereocenters. The van der Waals surface area contributed by atoms with Gasteiger partial charge in [-0.05, 0) is 36.4 Å². The van der Waals surface area contributed by atoms with Gasteiger partial charge in [0.2, 0.25) is 0 Å². The van der Waals surface area contributed by atoms with Crippen LogP contribution in [0.3, 0.4) is 0 Å². The second-order valence-electron chi connectivity index (χ2n) is 4.06. The molecule has 6 heteroatoms. The van der Waals surface area contributed by atoms with Gasteiger partial charge >= 0.3 is 5.97 Å². The first-order valence-electron chi connectivity index (χ1n) is 5.79. The second kappa shape index (κ2) is 5.30. The smallest absolute Gasteiger partial charge is 0.355 e. The monoisotopic (exact) mass is 348 g/mol. The summed E-state index contributed by atoms with van der Waals surface area (Å²) in [7, 11) is 0. The van der Waals surface area contributed by atoms with Gasteiger partial charge in [-0.1, -0.05) is 33.8 Å². The third-order valence-corrected chi connectivity index (χ3v) is 4.24. The molecule has 0 saturated heterocycles. The van der Waals surface area contributed by atoms with E-state index in [4.69, 9.17) is 0 Å². The summed E-state index contributed by atoms with van der Waals surface area (Å²) in [6.45, 7) is 0. The molecule has 4 nitrogen and oxygen atoms in total. The average Bonchev–Trinajstić information content (AvgIpc) is 2.79. The Hall–Kier alpha value is -1.79. The number of rotatable bonds is 3. The minimum atomic E-state index is -0.983. The van der Waals surface area contributed by atoms with Crippen molar-refractivity contribution in [3.63, 3.8) is 0 Å². The first-order valence-corrected chi connectivity index (χ1v) is 7.40. The number of carboxylic acid groups (broad SMARTS) is 1. The van der Waals surface area contributed by atoms with Crippen LogP contribution in [0.2, 0.25) is 0 Å². The van der Waals surface area contributed by atoms with E-state index in [2.05, 4.69) is 20.9 Å². The third-order valence-electron chi connectivity index (χ3n) is 2.73. The summed E-state index contributed by atoms with van der Waals surface area (Å²) in [5.74, 6) is -0.983. The van der Waals surface area contributed by atoms with Gasteiger partial charge in [-0.15, -0.1) is 0 Å². The average molecular weight is 349 g/mol. The summed E-state index contributed by atoms with van der Waals surface area (Å²) in [4.78, 5) is 16.8. The molecule has 0 spiro atoms. The van der Waals surface area contributed by atoms with Crippen LogP contribution in [0.15, 0.2) is 63.1 Å². The van der Waals surface area contributed by atoms with Crippen molar-refractivity contribution in [1.29, 1.82) is 0 Å². The molecule has 100 valence electrons. The van der Waals surface area contributed by atoms with Crippen LogP contribution in [-0.4, -0.2) is 20.5 Å². The van der Waals surface area contributed by atoms with Crippen molar-refractivity contribution < 1.29 is 9.90 Å². The van der Waals surface area contributed by atoms with Crippen LogP contribution in [0, 0.1) is 0 Å². The van der Waals surface area contributed by atoms with Crippen LogP contribution < -0.4 is 0 Å². The maximum absolute atomic E-state index is 11.5. The van der Waals surface area contributed by atoms with E-state index >= 15 is 0 Å². The van der Waals surface area contributed by atoms with Crippen LogP contribution in [0.5, 0.6) is 0 Å². The standard InChI is InChI=1S/C14H9BrN2O2S/c15-9-4-6-10(7-5-9)20-13-12(14(18)19)17-8-2-1-3-11(17)16-13/h1-8H,(H,18,19). The lowest BCUT2D eigenvalue weighted by molar-refractivity contribution is 0.0685. The number of carboxylic acids is 1. The predicted molar refractivity (Wildman–Crippen MR) is 80.4 cm³/mol. The van der Waals surface area contributed by atoms with Crippen molar-refractivity contribution in [3.05, 3.63) is 58.8 Å². The summed E-state index contributed by atoms with van der Waals surface area (Å²) in [6.07, 6.45) is 1.71. The zero-order valence-corrected chi connectivity index (χ0v) is 12.6. The highest BCUT2D eigenvalue weighted by Gasteiger charge is 2.19. The van der Waals surface area contributed by atoms with Gasteiger partial charge in [-0.3, -0.25) is 4.40 Å². The van der Waals surface area contributed by atoms with Crippen LogP contribution in [0.4, 0.5) is 0 Å². The molecular formula is C14H9BrN2O2S. The molecule has 0 saturated carbocycles. The Morgan fingerprint density at radius 2 is 1.95 bits per heavy atom. The number of hydrogen-bond donors (Lipinski definition) is 1. The van der Waals surface area contributed by atoms with E-state index in [9.17, 15) is 9.90 Å². The van der Waals surface area contributed by atoms with Crippen LogP contribution >= 0.6 is 27.7 Å². The molecular weight excluding hydrogens is 340 g/mol. The summed E-state index contributed by atoms with van der Waals surface area (Å²) in [6, 6.07) is 13.1. The van der Waals surface area contributed by atoms with E-state index in [1.165, 1.54) is 11.8 Å². The molecule has 0 aliphatic heterocycles. The molecule has 0 radical (unpaired) electrons. The summed E-state index contributed by atoms with van der Waals surface area (Å²) in [5, 5.41) is 9.88. The van der Waals surface area contributed by atoms with Gasteiger partial charge in [0.25, 0.3) is 0 Å². The molecule has 0 aliphatic rings. The predicted octanol–water partition coefficient (Wildman–Crippen LogP) is 3.95. The van der Waals surface area contributed by atoms with E-state index in [0.717, 1.165) is 9.37 Å². The summed E-state index contributed by atoms with van der Waals surface area (Å²) < 4.78 is 2.57. The number of benzene rings is 1. The maximum Gasteiger partial charge on any atom is 0.355 e. The van der Waals surface area contributed by atoms with Crippen molar-refractivity contribution in [2.45, 2.75) is 9.92 Å². The molecule has 20 heavy (non-hydrogen) atoms. The first-order chi connectivity index (χ1) is 9.65. The highest BCUT2D eigenvalue weighted by molar-refractivity contribution is 9.10. The number of aromatic nitrogens is 2. The van der Waals surface area contributed by atoms with Crippen LogP contribution in [0.1, 0.15) is 10.5 Å². The highest BCUT2D eigenvalue weighted by atomic mass is 79.9. The van der Waals surface area contributed by atoms with Crippen molar-refractivity contribution >= 4 is 39.3 Å². The Morgan fingerprint density at radius 3 is 2.65 bits per heavy atom. The van der Waals surface area contributed by atoms with E-state index in [-0.39, 0.29) is 5.69 Å². The molecule has 1 aromatic carbocycles. The van der Waals surface area contributed by atoms with Crippen LogP contribution in [-0.2, 0) is 0 Å². The van der Waals surface area contributed by atoms with Gasteiger partial charge in [-0.2, -0.15) is 0 Å². The van der Waals surface area contributed by atoms with E-state index in [1.807, 2.05) is 30.3 Å². The Bertz CT molecular complexity index is 783. The molecule has 2 aromatic heterocycles. The lowest BCUT2D eigenvalue weighted by Crippen LogP contribution is -2.02. The molecule has 0 amide bonds. The van der Waals surface area contributed by atoms with Crippen LogP contribution in [0.25, 0.3) is 5.65 Å². The zero-order valence-electron chi connectivity index (χ0n) is 10.2. The number of fused-ring (bicyclic) bond motifs is 1. The van der Waals surface area contributed by atoms with Crippen molar-refractivity contribution in [3.8, 4) is 0 Å². The van der Waals surface area contributed by atoms with Gasteiger partial charge in [0, 0.05) is 15.6 Å². The Balaban J connectivity index is 2.08. The van der Waals surface area contributed by atoms with Crippen molar-refractivity contribution in [2.24, 2.45) is 0 Å². The highest BCUT2D eigenvalue weighted by Crippen LogP contribution is 2.31. The van der Waals surface area contributed by atoms with E-state index < -0.39 is 5.97 Å². The topological polar surface area (TPSA) is 54.6 Å². The van der Waals surface area contributed by atoms with Crippen molar-refractivity contribution in [2.75, 3.05) is 0 Å². The largest absolute Gasteiger partial charge is 0.476 e. The first kappa shape index (κ1) is 13.2. The van der Waals surface area contributed by atoms with E-state index in [1.54, 1.807) is 22.7 Å². The number of carbonyl (C=O) groups is 1. The number of pyridine rings is 1. The van der Waals surface area contributed by atoms with Gasteiger partial charge in [0.1, 0.15) is 10.7 Å². The number of hydrogen-bond acceptors (Lipinski definition) is 3. The summed E-state index contributed by atoms with van der Waals surface area (Å²) in [5.41, 5.74) is 0.818. The van der Waals surface area contributed by atoms with Gasteiger partial charge < -0.3 is 5.11 Å². The van der Waals surface area contributed by atoms with Crippen molar-refractivity contribution in [1.82, 2.24) is 9.38 Å². The third kappa shape index (κ3) is 2.44. The number of nitrogens with zero attached hydrogens (tertiary/aromatic N) is 2. The number of imidazole rings is 1. The fraction of sp³-hybridized carbons (Fsp3) is 0. The fourth-order valence-electron chi connectivity index (χ4n) is 1.85. The van der Waals surface area contributed by atoms with Gasteiger partial charge in [-0.25, -0.2) is 9.78 Å². The maximum atomic E-state index is 11.5. The summed E-state index contributed by atoms with van der Waals surface area (Å²) >= 11 is 4.72. The zero-order chi connectivity index (χ0) is 14.1. The lowest BCUT2D eigenvalue weighted by Gasteiger charge is -2.00. The fourth-order valence-corrected chi connectivity index (χ4v) is 3.04. The SMILES string of the molecule is O=C(O)c1c(Sc2ccc(Br)cc2)nc2ccccn12. The molecule has 2 heterocycles. The Labute approximate surface area is 127 Å². The molecule has 0 atom stereocenters. The Kier molecular flexibility index (Phi) is 3.50. The molecule has 0 fully saturated rings. The minimum absolute atomic E-state index is 0.188. The molecule has 0 aliphatic carbocycles. The van der Waals surface area contributed by atoms with E-state index in [0.29, 0.717) is 10.7 Å². The Morgan fingerprint density at radius 1 is 1.20 bits per heavy atom. The quantitative estimate of drug-likeness (QED) is 0.778. The minimum Gasteiger partial charge on any atom is -0.476 e. The van der Waals surface area contributed by atoms with Gasteiger partial charge in [0.15, 0.2) is 5.69 Å². The number of halogens is 1. The molecule has 3 rings (SSSR count). The second-order valence-corrected chi connectivity index (χ2v) is 6.03. The molecule has 0 bridgehead atoms. The van der Waals surface area contributed by atoms with Gasteiger partial charge in [0.05, 0.1) is 0 Å². The molecule has 3 aromatic rings. The lowest BCUT2D eigenvalue weighted by atomic mass is 10.4. The molecule has 1 N–H and O–H groups in total. The number of aromatic carboxylic acids is 1. The normalized spacial score (nSPS) is 10.8.